The Bertz CT molecular complexity index is 769. The molecule has 0 radical (unpaired) electrons. The van der Waals surface area contributed by atoms with E-state index >= 15 is 0 Å². The summed E-state index contributed by atoms with van der Waals surface area (Å²) in [6.07, 6.45) is 4.63. The first kappa shape index (κ1) is 18.1. The minimum atomic E-state index is -1.08. The molecule has 0 aliphatic heterocycles. The van der Waals surface area contributed by atoms with Gasteiger partial charge in [-0.2, -0.15) is 5.10 Å². The lowest BCUT2D eigenvalue weighted by atomic mass is 10.1. The van der Waals surface area contributed by atoms with Crippen LogP contribution in [0.2, 0.25) is 0 Å². The van der Waals surface area contributed by atoms with Gasteiger partial charge in [-0.15, -0.1) is 0 Å². The molecule has 0 fully saturated rings. The minimum absolute atomic E-state index is 0.0471. The summed E-state index contributed by atoms with van der Waals surface area (Å²) in [4.78, 5) is 33.5. The number of rotatable bonds is 8. The number of carboxylic acids is 1. The SMILES string of the molecule is CCCC[C@H](NC(=O)c1cnn(-c2ccc([N+](=O)[O-])cc2)c1)C(=O)O. The number of unbranched alkanes of at least 4 members (excludes halogenated alkanes) is 1. The molecule has 9 nitrogen and oxygen atoms in total. The first-order valence-electron chi connectivity index (χ1n) is 7.75. The predicted octanol–water partition coefficient (Wildman–Crippen LogP) is 2.15. The molecule has 2 rings (SSSR count). The van der Waals surface area contributed by atoms with Gasteiger partial charge in [-0.25, -0.2) is 9.48 Å². The molecule has 0 saturated heterocycles. The summed E-state index contributed by atoms with van der Waals surface area (Å²) in [6, 6.07) is 4.74. The monoisotopic (exact) mass is 346 g/mol. The van der Waals surface area contributed by atoms with Crippen molar-refractivity contribution in [2.45, 2.75) is 32.2 Å². The topological polar surface area (TPSA) is 127 Å². The number of carbonyl (C=O) groups excluding carboxylic acids is 1. The molecule has 2 N–H and O–H groups in total. The Morgan fingerprint density at radius 1 is 1.36 bits per heavy atom. The van der Waals surface area contributed by atoms with Gasteiger partial charge in [0.1, 0.15) is 6.04 Å². The van der Waals surface area contributed by atoms with Crippen molar-refractivity contribution in [3.05, 3.63) is 52.3 Å². The van der Waals surface area contributed by atoms with Crippen LogP contribution in [0.1, 0.15) is 36.5 Å². The Kier molecular flexibility index (Phi) is 5.83. The zero-order valence-electron chi connectivity index (χ0n) is 13.6. The van der Waals surface area contributed by atoms with Crippen molar-refractivity contribution in [1.29, 1.82) is 0 Å². The van der Waals surface area contributed by atoms with Gasteiger partial charge in [0.2, 0.25) is 0 Å². The van der Waals surface area contributed by atoms with E-state index < -0.39 is 22.8 Å². The molecule has 0 unspecified atom stereocenters. The number of aliphatic carboxylic acids is 1. The van der Waals surface area contributed by atoms with E-state index in [4.69, 9.17) is 5.11 Å². The van der Waals surface area contributed by atoms with Gasteiger partial charge in [0.25, 0.3) is 11.6 Å². The molecule has 0 spiro atoms. The van der Waals surface area contributed by atoms with Crippen molar-refractivity contribution in [3.8, 4) is 5.69 Å². The smallest absolute Gasteiger partial charge is 0.326 e. The summed E-state index contributed by atoms with van der Waals surface area (Å²) < 4.78 is 1.39. The quantitative estimate of drug-likeness (QED) is 0.557. The molecular weight excluding hydrogens is 328 g/mol. The lowest BCUT2D eigenvalue weighted by molar-refractivity contribution is -0.384. The maximum absolute atomic E-state index is 12.2. The summed E-state index contributed by atoms with van der Waals surface area (Å²) in [7, 11) is 0. The molecular formula is C16H18N4O5. The van der Waals surface area contributed by atoms with Crippen molar-refractivity contribution in [2.75, 3.05) is 0 Å². The summed E-state index contributed by atoms with van der Waals surface area (Å²) in [5.41, 5.74) is 0.709. The van der Waals surface area contributed by atoms with E-state index in [9.17, 15) is 19.7 Å². The van der Waals surface area contributed by atoms with Crippen LogP contribution in [0.25, 0.3) is 5.69 Å². The number of amides is 1. The molecule has 25 heavy (non-hydrogen) atoms. The first-order valence-corrected chi connectivity index (χ1v) is 7.75. The Labute approximate surface area is 143 Å². The number of nitrogens with one attached hydrogen (secondary N) is 1. The van der Waals surface area contributed by atoms with E-state index in [1.165, 1.54) is 41.3 Å². The van der Waals surface area contributed by atoms with Crippen LogP contribution in [-0.2, 0) is 4.79 Å². The van der Waals surface area contributed by atoms with Crippen LogP contribution in [0.4, 0.5) is 5.69 Å². The van der Waals surface area contributed by atoms with Crippen molar-refractivity contribution >= 4 is 17.6 Å². The maximum atomic E-state index is 12.2. The molecule has 1 atom stereocenters. The van der Waals surface area contributed by atoms with Gasteiger partial charge < -0.3 is 10.4 Å². The normalized spacial score (nSPS) is 11.7. The lowest BCUT2D eigenvalue weighted by Crippen LogP contribution is -2.40. The fraction of sp³-hybridized carbons (Fsp3) is 0.312. The predicted molar refractivity (Wildman–Crippen MR) is 88.6 cm³/mol. The Hall–Kier alpha value is -3.23. The number of benzene rings is 1. The van der Waals surface area contributed by atoms with Gasteiger partial charge in [-0.1, -0.05) is 19.8 Å². The van der Waals surface area contributed by atoms with Gasteiger partial charge in [-0.05, 0) is 18.6 Å². The second kappa shape index (κ2) is 8.04. The van der Waals surface area contributed by atoms with E-state index in [1.807, 2.05) is 6.92 Å². The number of nitro benzene ring substituents is 1. The second-order valence-electron chi connectivity index (χ2n) is 5.45. The summed E-state index contributed by atoms with van der Waals surface area (Å²) in [5.74, 6) is -1.61. The largest absolute Gasteiger partial charge is 0.480 e. The van der Waals surface area contributed by atoms with Crippen LogP contribution >= 0.6 is 0 Å². The highest BCUT2D eigenvalue weighted by Crippen LogP contribution is 2.15. The molecule has 1 aromatic heterocycles. The molecule has 132 valence electrons. The third kappa shape index (κ3) is 4.63. The maximum Gasteiger partial charge on any atom is 0.326 e. The van der Waals surface area contributed by atoms with E-state index in [0.29, 0.717) is 18.5 Å². The van der Waals surface area contributed by atoms with E-state index in [1.54, 1.807) is 0 Å². The van der Waals surface area contributed by atoms with Gasteiger partial charge in [0, 0.05) is 18.3 Å². The summed E-state index contributed by atoms with van der Waals surface area (Å²) >= 11 is 0. The lowest BCUT2D eigenvalue weighted by Gasteiger charge is -2.13. The third-order valence-electron chi connectivity index (χ3n) is 3.62. The third-order valence-corrected chi connectivity index (χ3v) is 3.62. The highest BCUT2D eigenvalue weighted by molar-refractivity contribution is 5.96. The molecule has 0 saturated carbocycles. The highest BCUT2D eigenvalue weighted by atomic mass is 16.6. The molecule has 1 aromatic carbocycles. The molecule has 2 aromatic rings. The minimum Gasteiger partial charge on any atom is -0.480 e. The number of carbonyl (C=O) groups is 2. The van der Waals surface area contributed by atoms with E-state index in [0.717, 1.165) is 6.42 Å². The zero-order valence-corrected chi connectivity index (χ0v) is 13.6. The van der Waals surface area contributed by atoms with Crippen LogP contribution in [-0.4, -0.2) is 37.7 Å². The average Bonchev–Trinajstić information content (AvgIpc) is 3.08. The van der Waals surface area contributed by atoms with Crippen molar-refractivity contribution < 1.29 is 19.6 Å². The number of nitrogens with zero attached hydrogens (tertiary/aromatic N) is 3. The number of hydrogen-bond acceptors (Lipinski definition) is 5. The first-order chi connectivity index (χ1) is 11.9. The van der Waals surface area contributed by atoms with Crippen molar-refractivity contribution in [1.82, 2.24) is 15.1 Å². The van der Waals surface area contributed by atoms with Gasteiger partial charge in [0.05, 0.1) is 22.4 Å². The van der Waals surface area contributed by atoms with Gasteiger partial charge in [0.15, 0.2) is 0 Å². The summed E-state index contributed by atoms with van der Waals surface area (Å²) in [6.45, 7) is 1.94. The van der Waals surface area contributed by atoms with Crippen LogP contribution in [0.5, 0.6) is 0 Å². The van der Waals surface area contributed by atoms with Crippen LogP contribution < -0.4 is 5.32 Å². The van der Waals surface area contributed by atoms with E-state index in [2.05, 4.69) is 10.4 Å². The van der Waals surface area contributed by atoms with Gasteiger partial charge in [-0.3, -0.25) is 14.9 Å². The van der Waals surface area contributed by atoms with Crippen molar-refractivity contribution in [2.24, 2.45) is 0 Å². The van der Waals surface area contributed by atoms with Gasteiger partial charge >= 0.3 is 5.97 Å². The average molecular weight is 346 g/mol. The standard InChI is InChI=1S/C16H18N4O5/c1-2-3-4-14(16(22)23)18-15(21)11-9-17-19(10-11)12-5-7-13(8-6-12)20(24)25/h5-10,14H,2-4H2,1H3,(H,18,21)(H,22,23)/t14-/m0/s1. The second-order valence-corrected chi connectivity index (χ2v) is 5.45. The zero-order chi connectivity index (χ0) is 18.4. The molecule has 0 aliphatic rings. The van der Waals surface area contributed by atoms with Crippen LogP contribution in [0.3, 0.4) is 0 Å². The summed E-state index contributed by atoms with van der Waals surface area (Å²) in [5, 5.41) is 26.3. The van der Waals surface area contributed by atoms with Crippen molar-refractivity contribution in [3.63, 3.8) is 0 Å². The fourth-order valence-electron chi connectivity index (χ4n) is 2.22. The molecule has 1 heterocycles. The number of carboxylic acid groups (broad SMARTS) is 1. The molecule has 9 heteroatoms. The van der Waals surface area contributed by atoms with E-state index in [-0.39, 0.29) is 11.3 Å². The number of non-ortho nitro benzene ring substituents is 1. The molecule has 0 aliphatic carbocycles. The molecule has 1 amide bonds. The Balaban J connectivity index is 2.10. The van der Waals surface area contributed by atoms with Crippen LogP contribution in [0, 0.1) is 10.1 Å². The Morgan fingerprint density at radius 2 is 2.04 bits per heavy atom. The van der Waals surface area contributed by atoms with Crippen LogP contribution in [0.15, 0.2) is 36.7 Å². The number of nitro groups is 1. The Morgan fingerprint density at radius 3 is 2.60 bits per heavy atom. The number of hydrogen-bond donors (Lipinski definition) is 2. The number of aromatic nitrogens is 2. The highest BCUT2D eigenvalue weighted by Gasteiger charge is 2.21. The fourth-order valence-corrected chi connectivity index (χ4v) is 2.22. The molecule has 0 bridgehead atoms.